The first-order chi connectivity index (χ1) is 10.6. The van der Waals surface area contributed by atoms with Gasteiger partial charge in [0.05, 0.1) is 6.61 Å². The highest BCUT2D eigenvalue weighted by Gasteiger charge is 2.03. The number of hydrogen-bond donors (Lipinski definition) is 1. The van der Waals surface area contributed by atoms with Gasteiger partial charge in [0.2, 0.25) is 5.91 Å². The monoisotopic (exact) mass is 301 g/mol. The minimum absolute atomic E-state index is 0.120. The van der Waals surface area contributed by atoms with Crippen LogP contribution in [0.15, 0.2) is 48.1 Å². The van der Waals surface area contributed by atoms with Crippen molar-refractivity contribution in [3.63, 3.8) is 0 Å². The summed E-state index contributed by atoms with van der Waals surface area (Å²) in [4.78, 5) is 23.0. The van der Waals surface area contributed by atoms with Crippen molar-refractivity contribution in [2.24, 2.45) is 0 Å². The lowest BCUT2D eigenvalue weighted by atomic mass is 10.2. The van der Waals surface area contributed by atoms with Gasteiger partial charge in [-0.1, -0.05) is 36.4 Å². The summed E-state index contributed by atoms with van der Waals surface area (Å²) in [5.74, 6) is -0.400. The highest BCUT2D eigenvalue weighted by Crippen LogP contribution is 2.00. The molecular formula is C18H23NO3. The van der Waals surface area contributed by atoms with E-state index in [0.717, 1.165) is 18.4 Å². The van der Waals surface area contributed by atoms with E-state index in [0.29, 0.717) is 18.7 Å². The fourth-order valence-electron chi connectivity index (χ4n) is 1.63. The molecule has 0 aliphatic carbocycles. The topological polar surface area (TPSA) is 55.4 Å². The van der Waals surface area contributed by atoms with E-state index in [2.05, 4.69) is 5.32 Å². The third-order valence-electron chi connectivity index (χ3n) is 3.09. The maximum absolute atomic E-state index is 11.6. The lowest BCUT2D eigenvalue weighted by Crippen LogP contribution is -2.22. The Bertz CT molecular complexity index is 533. The van der Waals surface area contributed by atoms with Crippen LogP contribution in [0.2, 0.25) is 0 Å². The molecule has 0 saturated carbocycles. The van der Waals surface area contributed by atoms with Gasteiger partial charge in [0.25, 0.3) is 0 Å². The second-order valence-corrected chi connectivity index (χ2v) is 4.85. The van der Waals surface area contributed by atoms with Crippen molar-refractivity contribution in [1.29, 1.82) is 0 Å². The SMILES string of the molecule is C/C=C(\C)C(=O)OCCCCNC(=O)/C=C/c1ccccc1. The zero-order chi connectivity index (χ0) is 16.2. The molecule has 0 aromatic heterocycles. The highest BCUT2D eigenvalue weighted by atomic mass is 16.5. The number of unbranched alkanes of at least 4 members (excludes halogenated alkanes) is 1. The largest absolute Gasteiger partial charge is 0.462 e. The van der Waals surface area contributed by atoms with E-state index in [1.54, 1.807) is 26.0 Å². The van der Waals surface area contributed by atoms with Crippen molar-refractivity contribution in [3.8, 4) is 0 Å². The molecule has 0 aliphatic heterocycles. The summed E-state index contributed by atoms with van der Waals surface area (Å²) < 4.78 is 5.07. The molecule has 0 fully saturated rings. The van der Waals surface area contributed by atoms with Crippen LogP contribution in [0, 0.1) is 0 Å². The maximum Gasteiger partial charge on any atom is 0.333 e. The lowest BCUT2D eigenvalue weighted by Gasteiger charge is -2.05. The summed E-state index contributed by atoms with van der Waals surface area (Å²) in [6.45, 7) is 4.47. The number of esters is 1. The predicted octanol–water partition coefficient (Wildman–Crippen LogP) is 3.11. The number of nitrogens with one attached hydrogen (secondary N) is 1. The first-order valence-corrected chi connectivity index (χ1v) is 7.44. The summed E-state index contributed by atoms with van der Waals surface area (Å²) in [6, 6.07) is 9.65. The van der Waals surface area contributed by atoms with E-state index in [-0.39, 0.29) is 11.9 Å². The Morgan fingerprint density at radius 1 is 1.18 bits per heavy atom. The fourth-order valence-corrected chi connectivity index (χ4v) is 1.63. The molecule has 1 rings (SSSR count). The second-order valence-electron chi connectivity index (χ2n) is 4.85. The molecule has 0 aliphatic rings. The number of allylic oxidation sites excluding steroid dienone is 1. The van der Waals surface area contributed by atoms with Gasteiger partial charge < -0.3 is 10.1 Å². The second kappa shape index (κ2) is 10.4. The normalized spacial score (nSPS) is 11.5. The van der Waals surface area contributed by atoms with Gasteiger partial charge in [-0.15, -0.1) is 0 Å². The first kappa shape index (κ1) is 17.7. The van der Waals surface area contributed by atoms with E-state index in [1.807, 2.05) is 30.3 Å². The van der Waals surface area contributed by atoms with Crippen molar-refractivity contribution in [1.82, 2.24) is 5.32 Å². The standard InChI is InChI=1S/C18H23NO3/c1-3-15(2)18(21)22-14-8-7-13-19-17(20)12-11-16-9-5-4-6-10-16/h3-6,9-12H,7-8,13-14H2,1-2H3,(H,19,20)/b12-11+,15-3+. The van der Waals surface area contributed by atoms with Crippen molar-refractivity contribution >= 4 is 18.0 Å². The van der Waals surface area contributed by atoms with Crippen LogP contribution < -0.4 is 5.32 Å². The average Bonchev–Trinajstić information content (AvgIpc) is 2.56. The van der Waals surface area contributed by atoms with Gasteiger partial charge in [-0.05, 0) is 38.3 Å². The van der Waals surface area contributed by atoms with Crippen LogP contribution in [0.4, 0.5) is 0 Å². The number of benzene rings is 1. The smallest absolute Gasteiger partial charge is 0.333 e. The summed E-state index contributed by atoms with van der Waals surface area (Å²) in [7, 11) is 0. The third kappa shape index (κ3) is 7.43. The molecule has 0 unspecified atom stereocenters. The Kier molecular flexibility index (Phi) is 8.35. The number of ether oxygens (including phenoxy) is 1. The van der Waals surface area contributed by atoms with Crippen molar-refractivity contribution in [2.45, 2.75) is 26.7 Å². The van der Waals surface area contributed by atoms with Gasteiger partial charge >= 0.3 is 5.97 Å². The van der Waals surface area contributed by atoms with Crippen LogP contribution in [-0.4, -0.2) is 25.0 Å². The van der Waals surface area contributed by atoms with Gasteiger partial charge in [0.15, 0.2) is 0 Å². The van der Waals surface area contributed by atoms with E-state index < -0.39 is 0 Å². The molecule has 1 N–H and O–H groups in total. The minimum Gasteiger partial charge on any atom is -0.462 e. The zero-order valence-electron chi connectivity index (χ0n) is 13.2. The third-order valence-corrected chi connectivity index (χ3v) is 3.09. The predicted molar refractivity (Wildman–Crippen MR) is 88.1 cm³/mol. The summed E-state index contributed by atoms with van der Waals surface area (Å²) in [5.41, 5.74) is 1.60. The van der Waals surface area contributed by atoms with E-state index in [1.165, 1.54) is 6.08 Å². The molecule has 0 heterocycles. The Morgan fingerprint density at radius 3 is 2.59 bits per heavy atom. The van der Waals surface area contributed by atoms with Crippen LogP contribution in [0.3, 0.4) is 0 Å². The number of carbonyl (C=O) groups is 2. The molecule has 0 atom stereocenters. The molecule has 0 radical (unpaired) electrons. The van der Waals surface area contributed by atoms with E-state index in [9.17, 15) is 9.59 Å². The number of amides is 1. The van der Waals surface area contributed by atoms with Crippen LogP contribution in [-0.2, 0) is 14.3 Å². The summed E-state index contributed by atoms with van der Waals surface area (Å²) in [5, 5.41) is 2.80. The molecule has 118 valence electrons. The van der Waals surface area contributed by atoms with Gasteiger partial charge in [-0.2, -0.15) is 0 Å². The average molecular weight is 301 g/mol. The number of carbonyl (C=O) groups excluding carboxylic acids is 2. The Labute approximate surface area is 131 Å². The Balaban J connectivity index is 2.11. The molecule has 4 heteroatoms. The molecular weight excluding hydrogens is 278 g/mol. The number of hydrogen-bond acceptors (Lipinski definition) is 3. The molecule has 1 aromatic carbocycles. The Morgan fingerprint density at radius 2 is 1.91 bits per heavy atom. The molecule has 1 aromatic rings. The summed E-state index contributed by atoms with van der Waals surface area (Å²) >= 11 is 0. The first-order valence-electron chi connectivity index (χ1n) is 7.44. The molecule has 0 saturated heterocycles. The lowest BCUT2D eigenvalue weighted by molar-refractivity contribution is -0.139. The van der Waals surface area contributed by atoms with Crippen LogP contribution >= 0.6 is 0 Å². The Hall–Kier alpha value is -2.36. The zero-order valence-corrected chi connectivity index (χ0v) is 13.2. The quantitative estimate of drug-likeness (QED) is 0.456. The summed E-state index contributed by atoms with van der Waals surface area (Å²) in [6.07, 6.45) is 6.52. The molecule has 0 spiro atoms. The van der Waals surface area contributed by atoms with Gasteiger partial charge in [0, 0.05) is 18.2 Å². The van der Waals surface area contributed by atoms with Crippen molar-refractivity contribution < 1.29 is 14.3 Å². The van der Waals surface area contributed by atoms with E-state index >= 15 is 0 Å². The molecule has 22 heavy (non-hydrogen) atoms. The fraction of sp³-hybridized carbons (Fsp3) is 0.333. The van der Waals surface area contributed by atoms with Crippen molar-refractivity contribution in [3.05, 3.63) is 53.6 Å². The van der Waals surface area contributed by atoms with Gasteiger partial charge in [0.1, 0.15) is 0 Å². The minimum atomic E-state index is -0.280. The molecule has 4 nitrogen and oxygen atoms in total. The molecule has 0 bridgehead atoms. The van der Waals surface area contributed by atoms with Crippen molar-refractivity contribution in [2.75, 3.05) is 13.2 Å². The molecule has 1 amide bonds. The van der Waals surface area contributed by atoms with Crippen LogP contribution in [0.25, 0.3) is 6.08 Å². The van der Waals surface area contributed by atoms with Crippen LogP contribution in [0.5, 0.6) is 0 Å². The maximum atomic E-state index is 11.6. The van der Waals surface area contributed by atoms with Gasteiger partial charge in [-0.25, -0.2) is 4.79 Å². The van der Waals surface area contributed by atoms with E-state index in [4.69, 9.17) is 4.74 Å². The van der Waals surface area contributed by atoms with Crippen LogP contribution in [0.1, 0.15) is 32.3 Å². The van der Waals surface area contributed by atoms with Gasteiger partial charge in [-0.3, -0.25) is 4.79 Å². The highest BCUT2D eigenvalue weighted by molar-refractivity contribution is 5.91. The number of rotatable bonds is 8.